The Kier molecular flexibility index (Phi) is 5.02. The first kappa shape index (κ1) is 18.2. The molecule has 0 saturated carbocycles. The largest absolute Gasteiger partial charge is 0.573 e. The van der Waals surface area contributed by atoms with Crippen LogP contribution in [0.1, 0.15) is 0 Å². The zero-order valence-corrected chi connectivity index (χ0v) is 11.4. The van der Waals surface area contributed by atoms with E-state index in [0.29, 0.717) is 12.1 Å². The summed E-state index contributed by atoms with van der Waals surface area (Å²) in [6.07, 6.45) is -5.55. The highest BCUT2D eigenvalue weighted by Gasteiger charge is 2.40. The fourth-order valence-electron chi connectivity index (χ4n) is 1.30. The molecule has 124 valence electrons. The van der Waals surface area contributed by atoms with Crippen LogP contribution in [0.5, 0.6) is 11.5 Å². The van der Waals surface area contributed by atoms with Gasteiger partial charge in [-0.25, -0.2) is 8.42 Å². The van der Waals surface area contributed by atoms with Gasteiger partial charge in [0.2, 0.25) is 11.5 Å². The highest BCUT2D eigenvalue weighted by atomic mass is 35.7. The number of halogens is 6. The number of ether oxygens (including phenoxy) is 2. The van der Waals surface area contributed by atoms with Crippen LogP contribution in [0.25, 0.3) is 0 Å². The maximum atomic E-state index is 12.3. The van der Waals surface area contributed by atoms with E-state index < -0.39 is 49.0 Å². The van der Waals surface area contributed by atoms with E-state index >= 15 is 0 Å². The van der Waals surface area contributed by atoms with Crippen molar-refractivity contribution < 1.29 is 44.8 Å². The number of rotatable bonds is 5. The van der Waals surface area contributed by atoms with E-state index in [0.717, 1.165) is 0 Å². The van der Waals surface area contributed by atoms with Crippen molar-refractivity contribution in [1.82, 2.24) is 0 Å². The fourth-order valence-corrected chi connectivity index (χ4v) is 2.26. The van der Waals surface area contributed by atoms with Crippen molar-refractivity contribution in [3.63, 3.8) is 0 Å². The number of nitro benzene ring substituents is 1. The molecule has 14 heteroatoms. The van der Waals surface area contributed by atoms with Gasteiger partial charge in [0.05, 0.1) is 4.92 Å². The summed E-state index contributed by atoms with van der Waals surface area (Å²) in [5.74, 6) is -3.21. The Labute approximate surface area is 122 Å². The van der Waals surface area contributed by atoms with Crippen LogP contribution in [0.2, 0.25) is 0 Å². The molecule has 0 radical (unpaired) electrons. The van der Waals surface area contributed by atoms with Gasteiger partial charge in [-0.2, -0.15) is 8.78 Å². The number of hydrogen-bond donors (Lipinski definition) is 0. The van der Waals surface area contributed by atoms with Crippen LogP contribution in [0.3, 0.4) is 0 Å². The second-order valence-corrected chi connectivity index (χ2v) is 5.90. The Hall–Kier alpha value is -1.89. The summed E-state index contributed by atoms with van der Waals surface area (Å²) in [5, 5.41) is 10.8. The predicted molar refractivity (Wildman–Crippen MR) is 59.5 cm³/mol. The zero-order valence-electron chi connectivity index (χ0n) is 9.80. The molecule has 7 nitrogen and oxygen atoms in total. The first-order chi connectivity index (χ1) is 9.83. The van der Waals surface area contributed by atoms with Crippen molar-refractivity contribution in [3.8, 4) is 11.5 Å². The van der Waals surface area contributed by atoms with E-state index in [1.54, 1.807) is 0 Å². The monoisotopic (exact) mass is 371 g/mol. The van der Waals surface area contributed by atoms with Gasteiger partial charge in [0, 0.05) is 10.7 Å². The lowest BCUT2D eigenvalue weighted by atomic mass is 10.2. The lowest BCUT2D eigenvalue weighted by Gasteiger charge is -2.14. The van der Waals surface area contributed by atoms with Gasteiger partial charge in [-0.05, 0) is 12.1 Å². The molecule has 0 aliphatic heterocycles. The van der Waals surface area contributed by atoms with Gasteiger partial charge in [-0.15, -0.1) is 13.2 Å². The summed E-state index contributed by atoms with van der Waals surface area (Å²) in [7, 11) is -0.0668. The van der Waals surface area contributed by atoms with E-state index in [2.05, 4.69) is 9.47 Å². The number of alkyl halides is 5. The minimum atomic E-state index is -5.55. The van der Waals surface area contributed by atoms with Gasteiger partial charge in [0.1, 0.15) is 4.90 Å². The highest BCUT2D eigenvalue weighted by Crippen LogP contribution is 2.45. The maximum absolute atomic E-state index is 12.3. The molecule has 0 saturated heterocycles. The number of nitro groups is 1. The van der Waals surface area contributed by atoms with Crippen molar-refractivity contribution in [2.75, 3.05) is 0 Å². The molecule has 22 heavy (non-hydrogen) atoms. The highest BCUT2D eigenvalue weighted by molar-refractivity contribution is 8.13. The van der Waals surface area contributed by atoms with Crippen LogP contribution in [0.15, 0.2) is 17.0 Å². The summed E-state index contributed by atoms with van der Waals surface area (Å²) >= 11 is 0. The average Bonchev–Trinajstić information content (AvgIpc) is 2.23. The second kappa shape index (κ2) is 6.08. The minimum absolute atomic E-state index is 0.300. The Morgan fingerprint density at radius 2 is 1.82 bits per heavy atom. The molecule has 0 heterocycles. The van der Waals surface area contributed by atoms with Crippen molar-refractivity contribution in [1.29, 1.82) is 0 Å². The number of hydrogen-bond acceptors (Lipinski definition) is 6. The van der Waals surface area contributed by atoms with Crippen molar-refractivity contribution in [3.05, 3.63) is 22.2 Å². The smallest absolute Gasteiger partial charge is 0.427 e. The van der Waals surface area contributed by atoms with E-state index in [9.17, 15) is 40.5 Å². The molecule has 0 atom stereocenters. The summed E-state index contributed by atoms with van der Waals surface area (Å²) < 4.78 is 90.3. The molecule has 0 aliphatic carbocycles. The summed E-state index contributed by atoms with van der Waals surface area (Å²) in [6.45, 7) is -3.61. The molecular weight excluding hydrogens is 369 g/mol. The lowest BCUT2D eigenvalue weighted by molar-refractivity contribution is -0.390. The lowest BCUT2D eigenvalue weighted by Crippen LogP contribution is -2.20. The van der Waals surface area contributed by atoms with E-state index in [-0.39, 0.29) is 0 Å². The van der Waals surface area contributed by atoms with Crippen molar-refractivity contribution in [2.45, 2.75) is 17.9 Å². The van der Waals surface area contributed by atoms with E-state index in [1.807, 2.05) is 0 Å². The van der Waals surface area contributed by atoms with Gasteiger partial charge in [0.15, 0.2) is 0 Å². The topological polar surface area (TPSA) is 95.7 Å². The predicted octanol–water partition coefficient (Wildman–Crippen LogP) is 3.02. The maximum Gasteiger partial charge on any atom is 0.573 e. The van der Waals surface area contributed by atoms with E-state index in [4.69, 9.17) is 10.7 Å². The Balaban J connectivity index is 3.71. The van der Waals surface area contributed by atoms with Crippen LogP contribution in [-0.4, -0.2) is 26.3 Å². The van der Waals surface area contributed by atoms with Gasteiger partial charge in [-0.3, -0.25) is 10.1 Å². The van der Waals surface area contributed by atoms with Gasteiger partial charge < -0.3 is 9.47 Å². The third-order valence-electron chi connectivity index (χ3n) is 1.94. The first-order valence-electron chi connectivity index (χ1n) is 4.79. The number of benzene rings is 1. The van der Waals surface area contributed by atoms with Crippen LogP contribution < -0.4 is 9.47 Å². The zero-order chi connectivity index (χ0) is 17.3. The molecule has 0 fully saturated rings. The molecule has 0 amide bonds. The summed E-state index contributed by atoms with van der Waals surface area (Å²) in [6, 6.07) is 0.650. The summed E-state index contributed by atoms with van der Waals surface area (Å²) in [4.78, 5) is 7.77. The van der Waals surface area contributed by atoms with Gasteiger partial charge in [-0.1, -0.05) is 0 Å². The SMILES string of the molecule is O=[N+]([O-])c1c(OC(F)F)ccc(S(=O)(=O)Cl)c1OC(F)(F)F. The Bertz CT molecular complexity index is 691. The summed E-state index contributed by atoms with van der Waals surface area (Å²) in [5.41, 5.74) is -1.76. The standard InChI is InChI=1S/C8H3ClF5NO6S/c9-22(18,19)4-2-1-3(20-7(10)11)5(15(16)17)6(4)21-8(12,13)14/h1-2,7H. The molecule has 0 bridgehead atoms. The molecule has 0 N–H and O–H groups in total. The van der Waals surface area contributed by atoms with Crippen molar-refractivity contribution >= 4 is 25.4 Å². The molecule has 0 unspecified atom stereocenters. The number of nitrogens with zero attached hydrogens (tertiary/aromatic N) is 1. The molecule has 1 rings (SSSR count). The van der Waals surface area contributed by atoms with Gasteiger partial charge >= 0.3 is 18.7 Å². The molecule has 0 aliphatic rings. The minimum Gasteiger partial charge on any atom is -0.427 e. The molecule has 0 aromatic heterocycles. The fraction of sp³-hybridized carbons (Fsp3) is 0.250. The Morgan fingerprint density at radius 3 is 2.18 bits per heavy atom. The first-order valence-corrected chi connectivity index (χ1v) is 7.10. The second-order valence-electron chi connectivity index (χ2n) is 3.36. The molecule has 1 aromatic rings. The van der Waals surface area contributed by atoms with Crippen LogP contribution in [-0.2, 0) is 9.05 Å². The Morgan fingerprint density at radius 1 is 1.27 bits per heavy atom. The normalized spacial score (nSPS) is 12.3. The third-order valence-corrected chi connectivity index (χ3v) is 3.28. The quantitative estimate of drug-likeness (QED) is 0.342. The van der Waals surface area contributed by atoms with Crippen LogP contribution in [0, 0.1) is 10.1 Å². The molecule has 1 aromatic carbocycles. The van der Waals surface area contributed by atoms with Crippen LogP contribution >= 0.6 is 10.7 Å². The van der Waals surface area contributed by atoms with Gasteiger partial charge in [0.25, 0.3) is 9.05 Å². The average molecular weight is 372 g/mol. The third kappa shape index (κ3) is 4.56. The van der Waals surface area contributed by atoms with Crippen LogP contribution in [0.4, 0.5) is 27.6 Å². The molecular formula is C8H3ClF5NO6S. The molecule has 0 spiro atoms. The van der Waals surface area contributed by atoms with E-state index in [1.165, 1.54) is 0 Å². The van der Waals surface area contributed by atoms with Crippen molar-refractivity contribution in [2.24, 2.45) is 0 Å².